The van der Waals surface area contributed by atoms with Crippen molar-refractivity contribution in [2.45, 2.75) is 32.4 Å². The minimum atomic E-state index is -3.80. The molecule has 8 nitrogen and oxygen atoms in total. The molecule has 0 saturated heterocycles. The average molecular weight is 538 g/mol. The number of carbonyl (C=O) groups is 2. The normalized spacial score (nSPS) is 11.9. The highest BCUT2D eigenvalue weighted by atomic mass is 32.2. The first kappa shape index (κ1) is 28.7. The molecule has 0 fully saturated rings. The molecule has 3 rings (SSSR count). The zero-order valence-electron chi connectivity index (χ0n) is 22.0. The third kappa shape index (κ3) is 8.08. The van der Waals surface area contributed by atoms with Crippen molar-refractivity contribution in [3.05, 3.63) is 96.1 Å². The van der Waals surface area contributed by atoms with Crippen LogP contribution in [0.25, 0.3) is 0 Å². The maximum atomic E-state index is 13.6. The highest BCUT2D eigenvalue weighted by Gasteiger charge is 2.31. The van der Waals surface area contributed by atoms with Gasteiger partial charge in [0.05, 0.1) is 11.9 Å². The van der Waals surface area contributed by atoms with E-state index in [1.807, 2.05) is 67.6 Å². The SMILES string of the molecule is CCC(C(=O)NC)N(CCc1ccccc1)C(=O)CN(c1ccc(OCc2ccccc2)cc1)S(C)(=O)=O. The number of anilines is 1. The van der Waals surface area contributed by atoms with Crippen LogP contribution in [0.5, 0.6) is 5.75 Å². The number of nitrogens with zero attached hydrogens (tertiary/aromatic N) is 2. The molecule has 0 aromatic heterocycles. The Labute approximate surface area is 225 Å². The van der Waals surface area contributed by atoms with E-state index in [1.165, 1.54) is 11.9 Å². The Kier molecular flexibility index (Phi) is 10.3. The van der Waals surface area contributed by atoms with E-state index in [0.29, 0.717) is 30.9 Å². The molecule has 38 heavy (non-hydrogen) atoms. The van der Waals surface area contributed by atoms with E-state index in [-0.39, 0.29) is 12.5 Å². The molecule has 0 spiro atoms. The molecule has 0 saturated carbocycles. The quantitative estimate of drug-likeness (QED) is 0.359. The lowest BCUT2D eigenvalue weighted by Crippen LogP contribution is -2.52. The molecule has 0 heterocycles. The molecular formula is C29H35N3O5S. The smallest absolute Gasteiger partial charge is 0.244 e. The first-order valence-corrected chi connectivity index (χ1v) is 14.4. The van der Waals surface area contributed by atoms with Gasteiger partial charge in [-0.3, -0.25) is 13.9 Å². The third-order valence-corrected chi connectivity index (χ3v) is 7.31. The molecular weight excluding hydrogens is 502 g/mol. The summed E-state index contributed by atoms with van der Waals surface area (Å²) in [4.78, 5) is 27.6. The highest BCUT2D eigenvalue weighted by Crippen LogP contribution is 2.23. The van der Waals surface area contributed by atoms with Crippen molar-refractivity contribution in [2.24, 2.45) is 0 Å². The van der Waals surface area contributed by atoms with Gasteiger partial charge in [0.25, 0.3) is 0 Å². The predicted molar refractivity (Wildman–Crippen MR) is 149 cm³/mol. The summed E-state index contributed by atoms with van der Waals surface area (Å²) in [6, 6.07) is 25.2. The van der Waals surface area contributed by atoms with Crippen LogP contribution in [0.4, 0.5) is 5.69 Å². The van der Waals surface area contributed by atoms with Crippen molar-refractivity contribution in [3.8, 4) is 5.75 Å². The van der Waals surface area contributed by atoms with Crippen LogP contribution in [0.3, 0.4) is 0 Å². The van der Waals surface area contributed by atoms with Crippen LogP contribution in [0.15, 0.2) is 84.9 Å². The van der Waals surface area contributed by atoms with Crippen LogP contribution in [-0.2, 0) is 32.6 Å². The second kappa shape index (κ2) is 13.6. The van der Waals surface area contributed by atoms with E-state index in [1.54, 1.807) is 24.3 Å². The first-order valence-electron chi connectivity index (χ1n) is 12.5. The Balaban J connectivity index is 1.78. The lowest BCUT2D eigenvalue weighted by atomic mass is 10.1. The third-order valence-electron chi connectivity index (χ3n) is 6.17. The van der Waals surface area contributed by atoms with Gasteiger partial charge in [0.2, 0.25) is 21.8 Å². The van der Waals surface area contributed by atoms with Gasteiger partial charge >= 0.3 is 0 Å². The second-order valence-corrected chi connectivity index (χ2v) is 10.8. The van der Waals surface area contributed by atoms with Gasteiger partial charge in [0.1, 0.15) is 24.9 Å². The van der Waals surface area contributed by atoms with E-state index >= 15 is 0 Å². The minimum Gasteiger partial charge on any atom is -0.489 e. The Morgan fingerprint density at radius 2 is 1.47 bits per heavy atom. The fourth-order valence-corrected chi connectivity index (χ4v) is 4.98. The number of hydrogen-bond acceptors (Lipinski definition) is 5. The molecule has 1 unspecified atom stereocenters. The van der Waals surface area contributed by atoms with Crippen molar-refractivity contribution >= 4 is 27.5 Å². The number of hydrogen-bond donors (Lipinski definition) is 1. The largest absolute Gasteiger partial charge is 0.489 e. The molecule has 0 aliphatic heterocycles. The molecule has 2 amide bonds. The summed E-state index contributed by atoms with van der Waals surface area (Å²) < 4.78 is 32.3. The molecule has 0 aliphatic carbocycles. The Hall–Kier alpha value is -3.85. The predicted octanol–water partition coefficient (Wildman–Crippen LogP) is 3.63. The summed E-state index contributed by atoms with van der Waals surface area (Å²) in [7, 11) is -2.27. The molecule has 1 N–H and O–H groups in total. The summed E-state index contributed by atoms with van der Waals surface area (Å²) in [6.45, 7) is 2.05. The van der Waals surface area contributed by atoms with Crippen LogP contribution in [0.1, 0.15) is 24.5 Å². The fourth-order valence-electron chi connectivity index (χ4n) is 4.13. The van der Waals surface area contributed by atoms with Gasteiger partial charge in [-0.15, -0.1) is 0 Å². The molecule has 3 aromatic rings. The van der Waals surface area contributed by atoms with Crippen molar-refractivity contribution in [1.82, 2.24) is 10.2 Å². The van der Waals surface area contributed by atoms with Gasteiger partial charge in [-0.25, -0.2) is 8.42 Å². The van der Waals surface area contributed by atoms with Crippen LogP contribution in [0, 0.1) is 0 Å². The molecule has 0 radical (unpaired) electrons. The number of likely N-dealkylation sites (N-methyl/N-ethyl adjacent to an activating group) is 1. The van der Waals surface area contributed by atoms with E-state index in [2.05, 4.69) is 5.32 Å². The van der Waals surface area contributed by atoms with E-state index in [0.717, 1.165) is 21.7 Å². The van der Waals surface area contributed by atoms with Crippen molar-refractivity contribution in [1.29, 1.82) is 0 Å². The number of amides is 2. The second-order valence-electron chi connectivity index (χ2n) is 8.90. The number of rotatable bonds is 13. The highest BCUT2D eigenvalue weighted by molar-refractivity contribution is 7.92. The van der Waals surface area contributed by atoms with E-state index in [4.69, 9.17) is 4.74 Å². The maximum absolute atomic E-state index is 13.6. The number of ether oxygens (including phenoxy) is 1. The first-order chi connectivity index (χ1) is 18.2. The van der Waals surface area contributed by atoms with Gasteiger partial charge in [-0.2, -0.15) is 0 Å². The summed E-state index contributed by atoms with van der Waals surface area (Å²) >= 11 is 0. The lowest BCUT2D eigenvalue weighted by Gasteiger charge is -2.32. The molecule has 0 bridgehead atoms. The van der Waals surface area contributed by atoms with Crippen LogP contribution in [0.2, 0.25) is 0 Å². The summed E-state index contributed by atoms with van der Waals surface area (Å²) in [5.41, 5.74) is 2.36. The summed E-state index contributed by atoms with van der Waals surface area (Å²) in [5.74, 6) is -0.168. The standard InChI is InChI=1S/C29H35N3O5S/c1-4-27(29(34)30-2)31(20-19-23-11-7-5-8-12-23)28(33)21-32(38(3,35)36)25-15-17-26(18-16-25)37-22-24-13-9-6-10-14-24/h5-18,27H,4,19-22H2,1-3H3,(H,30,34). The minimum absolute atomic E-state index is 0.276. The van der Waals surface area contributed by atoms with Crippen molar-refractivity contribution < 1.29 is 22.7 Å². The zero-order chi connectivity index (χ0) is 27.5. The van der Waals surface area contributed by atoms with Crippen LogP contribution < -0.4 is 14.4 Å². The maximum Gasteiger partial charge on any atom is 0.244 e. The molecule has 202 valence electrons. The topological polar surface area (TPSA) is 96.0 Å². The number of carbonyl (C=O) groups excluding carboxylic acids is 2. The Morgan fingerprint density at radius 1 is 0.895 bits per heavy atom. The van der Waals surface area contributed by atoms with E-state index in [9.17, 15) is 18.0 Å². The monoisotopic (exact) mass is 537 g/mol. The zero-order valence-corrected chi connectivity index (χ0v) is 22.9. The van der Waals surface area contributed by atoms with Crippen molar-refractivity contribution in [3.63, 3.8) is 0 Å². The average Bonchev–Trinajstić information content (AvgIpc) is 2.93. The van der Waals surface area contributed by atoms with Gasteiger partial charge in [-0.05, 0) is 48.2 Å². The number of nitrogens with one attached hydrogen (secondary N) is 1. The molecule has 1 atom stereocenters. The summed E-state index contributed by atoms with van der Waals surface area (Å²) in [6.07, 6.45) is 1.99. The number of benzene rings is 3. The van der Waals surface area contributed by atoms with Gasteiger partial charge < -0.3 is 15.0 Å². The van der Waals surface area contributed by atoms with E-state index < -0.39 is 28.5 Å². The Morgan fingerprint density at radius 3 is 2.00 bits per heavy atom. The van der Waals surface area contributed by atoms with Crippen LogP contribution >= 0.6 is 0 Å². The number of sulfonamides is 1. The summed E-state index contributed by atoms with van der Waals surface area (Å²) in [5, 5.41) is 2.62. The van der Waals surface area contributed by atoms with Gasteiger partial charge in [0.15, 0.2) is 0 Å². The molecule has 3 aromatic carbocycles. The van der Waals surface area contributed by atoms with Crippen molar-refractivity contribution in [2.75, 3.05) is 30.7 Å². The van der Waals surface area contributed by atoms with Gasteiger partial charge in [-0.1, -0.05) is 67.6 Å². The van der Waals surface area contributed by atoms with Crippen LogP contribution in [-0.4, -0.2) is 57.6 Å². The lowest BCUT2D eigenvalue weighted by molar-refractivity contribution is -0.139. The van der Waals surface area contributed by atoms with Gasteiger partial charge in [0, 0.05) is 13.6 Å². The molecule has 9 heteroatoms. The fraction of sp³-hybridized carbons (Fsp3) is 0.310. The Bertz CT molecular complexity index is 1280. The molecule has 0 aliphatic rings.